The summed E-state index contributed by atoms with van der Waals surface area (Å²) in [5.74, 6) is 5.65. The second-order valence-corrected chi connectivity index (χ2v) is 9.01. The molecule has 0 spiro atoms. The molecule has 4 aliphatic rings. The fourth-order valence-electron chi connectivity index (χ4n) is 6.82. The Kier molecular flexibility index (Phi) is 3.48. The van der Waals surface area contributed by atoms with Gasteiger partial charge in [-0.25, -0.2) is 0 Å². The quantitative estimate of drug-likeness (QED) is 0.635. The summed E-state index contributed by atoms with van der Waals surface area (Å²) in [6, 6.07) is 0. The van der Waals surface area contributed by atoms with Crippen molar-refractivity contribution in [3.8, 4) is 0 Å². The van der Waals surface area contributed by atoms with E-state index < -0.39 is 0 Å². The highest BCUT2D eigenvalue weighted by molar-refractivity contribution is 5.12. The van der Waals surface area contributed by atoms with Crippen LogP contribution in [0.25, 0.3) is 0 Å². The van der Waals surface area contributed by atoms with E-state index in [-0.39, 0.29) is 11.5 Å². The zero-order valence-corrected chi connectivity index (χ0v) is 13.8. The van der Waals surface area contributed by atoms with Crippen LogP contribution in [0.4, 0.5) is 0 Å². The molecule has 21 heavy (non-hydrogen) atoms. The highest BCUT2D eigenvalue weighted by Crippen LogP contribution is 2.60. The normalized spacial score (nSPS) is 56.2. The molecule has 3 saturated carbocycles. The number of aliphatic hydroxyl groups is 1. The zero-order valence-electron chi connectivity index (χ0n) is 13.8. The van der Waals surface area contributed by atoms with Gasteiger partial charge in [-0.15, -0.1) is 0 Å². The van der Waals surface area contributed by atoms with Crippen LogP contribution in [0.5, 0.6) is 0 Å². The van der Waals surface area contributed by atoms with E-state index in [2.05, 4.69) is 26.0 Å². The maximum Gasteiger partial charge on any atom is 0.0777 e. The van der Waals surface area contributed by atoms with E-state index in [1.54, 1.807) is 0 Å². The first-order chi connectivity index (χ1) is 10.1. The number of fused-ring (bicyclic) bond motifs is 5. The molecule has 1 heteroatoms. The van der Waals surface area contributed by atoms with Crippen molar-refractivity contribution in [3.63, 3.8) is 0 Å². The summed E-state index contributed by atoms with van der Waals surface area (Å²) >= 11 is 0. The Hall–Kier alpha value is -0.300. The molecule has 8 unspecified atom stereocenters. The van der Waals surface area contributed by atoms with Crippen LogP contribution in [0, 0.1) is 40.9 Å². The van der Waals surface area contributed by atoms with E-state index in [0.29, 0.717) is 0 Å². The minimum absolute atomic E-state index is 0.171. The average Bonchev–Trinajstić information content (AvgIpc) is 2.48. The number of hydrogen-bond acceptors (Lipinski definition) is 1. The first kappa shape index (κ1) is 14.3. The second kappa shape index (κ2) is 5.11. The topological polar surface area (TPSA) is 20.2 Å². The van der Waals surface area contributed by atoms with Crippen LogP contribution in [-0.4, -0.2) is 11.2 Å². The summed E-state index contributed by atoms with van der Waals surface area (Å²) < 4.78 is 0. The van der Waals surface area contributed by atoms with Crippen LogP contribution in [0.15, 0.2) is 12.2 Å². The minimum atomic E-state index is -0.193. The first-order valence-electron chi connectivity index (χ1n) is 9.44. The molecule has 0 radical (unpaired) electrons. The third-order valence-electron chi connectivity index (χ3n) is 8.04. The van der Waals surface area contributed by atoms with Gasteiger partial charge in [-0.2, -0.15) is 0 Å². The molecular weight excluding hydrogens is 256 g/mol. The molecule has 0 aliphatic heterocycles. The van der Waals surface area contributed by atoms with Crippen LogP contribution < -0.4 is 0 Å². The Morgan fingerprint density at radius 1 is 1.00 bits per heavy atom. The summed E-state index contributed by atoms with van der Waals surface area (Å²) in [6.45, 7) is 4.83. The SMILES string of the molecule is CC1CCC2C(CCC3C2CCC2(C)C(O)C=CCC32)C1. The van der Waals surface area contributed by atoms with Gasteiger partial charge in [0.1, 0.15) is 0 Å². The summed E-state index contributed by atoms with van der Waals surface area (Å²) in [4.78, 5) is 0. The predicted molar refractivity (Wildman–Crippen MR) is 86.8 cm³/mol. The van der Waals surface area contributed by atoms with E-state index >= 15 is 0 Å². The largest absolute Gasteiger partial charge is 0.388 e. The molecular formula is C20H32O. The Bertz CT molecular complexity index is 428. The highest BCUT2D eigenvalue weighted by atomic mass is 16.3. The van der Waals surface area contributed by atoms with Crippen LogP contribution >= 0.6 is 0 Å². The lowest BCUT2D eigenvalue weighted by Crippen LogP contribution is -2.53. The molecule has 8 atom stereocenters. The number of hydrogen-bond donors (Lipinski definition) is 1. The van der Waals surface area contributed by atoms with E-state index in [9.17, 15) is 5.11 Å². The molecule has 4 aliphatic carbocycles. The number of aliphatic hydroxyl groups excluding tert-OH is 1. The van der Waals surface area contributed by atoms with E-state index in [0.717, 1.165) is 35.5 Å². The van der Waals surface area contributed by atoms with Gasteiger partial charge in [-0.1, -0.05) is 32.4 Å². The van der Waals surface area contributed by atoms with Crippen molar-refractivity contribution < 1.29 is 5.11 Å². The molecule has 1 nitrogen and oxygen atoms in total. The molecule has 0 aromatic rings. The van der Waals surface area contributed by atoms with Gasteiger partial charge in [-0.3, -0.25) is 0 Å². The molecule has 0 saturated heterocycles. The number of allylic oxidation sites excluding steroid dienone is 1. The van der Waals surface area contributed by atoms with Crippen molar-refractivity contribution in [1.29, 1.82) is 0 Å². The average molecular weight is 288 g/mol. The van der Waals surface area contributed by atoms with Gasteiger partial charge in [0.2, 0.25) is 0 Å². The summed E-state index contributed by atoms with van der Waals surface area (Å²) in [5.41, 5.74) is 0.171. The summed E-state index contributed by atoms with van der Waals surface area (Å²) in [5, 5.41) is 10.5. The minimum Gasteiger partial charge on any atom is -0.388 e. The fraction of sp³-hybridized carbons (Fsp3) is 0.900. The molecule has 3 fully saturated rings. The van der Waals surface area contributed by atoms with Crippen LogP contribution in [0.1, 0.15) is 65.2 Å². The Morgan fingerprint density at radius 3 is 2.67 bits per heavy atom. The van der Waals surface area contributed by atoms with Crippen molar-refractivity contribution in [1.82, 2.24) is 0 Å². The Balaban J connectivity index is 1.58. The third kappa shape index (κ3) is 2.14. The van der Waals surface area contributed by atoms with Crippen molar-refractivity contribution in [3.05, 3.63) is 12.2 Å². The lowest BCUT2D eigenvalue weighted by atomic mass is 9.47. The smallest absolute Gasteiger partial charge is 0.0777 e. The van der Waals surface area contributed by atoms with Gasteiger partial charge in [0.05, 0.1) is 6.10 Å². The predicted octanol–water partition coefficient (Wildman–Crippen LogP) is 4.80. The third-order valence-corrected chi connectivity index (χ3v) is 8.04. The van der Waals surface area contributed by atoms with Crippen LogP contribution in [0.3, 0.4) is 0 Å². The first-order valence-corrected chi connectivity index (χ1v) is 9.44. The van der Waals surface area contributed by atoms with Gasteiger partial charge in [0.15, 0.2) is 0 Å². The molecule has 118 valence electrons. The Morgan fingerprint density at radius 2 is 1.81 bits per heavy atom. The van der Waals surface area contributed by atoms with Crippen molar-refractivity contribution >= 4 is 0 Å². The lowest BCUT2D eigenvalue weighted by Gasteiger charge is -2.58. The van der Waals surface area contributed by atoms with Gasteiger partial charge in [0.25, 0.3) is 0 Å². The molecule has 0 heterocycles. The van der Waals surface area contributed by atoms with Crippen molar-refractivity contribution in [2.75, 3.05) is 0 Å². The van der Waals surface area contributed by atoms with Crippen LogP contribution in [0.2, 0.25) is 0 Å². The fourth-order valence-corrected chi connectivity index (χ4v) is 6.82. The molecule has 4 rings (SSSR count). The highest BCUT2D eigenvalue weighted by Gasteiger charge is 2.54. The molecule has 0 aromatic heterocycles. The molecule has 0 bridgehead atoms. The van der Waals surface area contributed by atoms with Gasteiger partial charge < -0.3 is 5.11 Å². The van der Waals surface area contributed by atoms with E-state index in [1.165, 1.54) is 51.4 Å². The standard InChI is InChI=1S/C20H32O/c1-13-6-8-15-14(12-13)7-9-17-16(15)10-11-20(2)18(17)4-3-5-19(20)21/h3,5,13-19,21H,4,6-12H2,1-2H3. The summed E-state index contributed by atoms with van der Waals surface area (Å²) in [6.07, 6.45) is 15.4. The lowest BCUT2D eigenvalue weighted by molar-refractivity contribution is -0.106. The van der Waals surface area contributed by atoms with Crippen molar-refractivity contribution in [2.24, 2.45) is 40.9 Å². The monoisotopic (exact) mass is 288 g/mol. The molecule has 0 amide bonds. The zero-order chi connectivity index (χ0) is 14.6. The number of rotatable bonds is 0. The van der Waals surface area contributed by atoms with Gasteiger partial charge in [-0.05, 0) is 80.5 Å². The van der Waals surface area contributed by atoms with Gasteiger partial charge >= 0.3 is 0 Å². The van der Waals surface area contributed by atoms with Crippen LogP contribution in [-0.2, 0) is 0 Å². The maximum absolute atomic E-state index is 10.5. The Labute approximate surface area is 130 Å². The second-order valence-electron chi connectivity index (χ2n) is 9.01. The molecule has 0 aromatic carbocycles. The van der Waals surface area contributed by atoms with Crippen molar-refractivity contribution in [2.45, 2.75) is 71.3 Å². The molecule has 1 N–H and O–H groups in total. The van der Waals surface area contributed by atoms with Gasteiger partial charge in [0, 0.05) is 5.41 Å². The van der Waals surface area contributed by atoms with E-state index in [4.69, 9.17) is 0 Å². The van der Waals surface area contributed by atoms with E-state index in [1.807, 2.05) is 0 Å². The maximum atomic E-state index is 10.5. The summed E-state index contributed by atoms with van der Waals surface area (Å²) in [7, 11) is 0.